The largest absolute Gasteiger partial charge is 0.492 e. The monoisotopic (exact) mass is 221 g/mol. The fraction of sp³-hybridized carbons (Fsp3) is 0. The molecule has 2 aromatic rings. The van der Waals surface area contributed by atoms with Crippen LogP contribution in [0, 0.1) is 0 Å². The van der Waals surface area contributed by atoms with Crippen LogP contribution in [0.2, 0.25) is 0 Å². The summed E-state index contributed by atoms with van der Waals surface area (Å²) in [5, 5.41) is 9.89. The second kappa shape index (κ2) is 3.66. The second-order valence-electron chi connectivity index (χ2n) is 2.77. The summed E-state index contributed by atoms with van der Waals surface area (Å²) in [4.78, 5) is 18.7. The molecule has 2 aromatic heterocycles. The van der Waals surface area contributed by atoms with Crippen LogP contribution in [0.4, 0.5) is 0 Å². The summed E-state index contributed by atoms with van der Waals surface area (Å²) in [6, 6.07) is 3.48. The van der Waals surface area contributed by atoms with Gasteiger partial charge in [0.25, 0.3) is 5.91 Å². The molecule has 0 saturated heterocycles. The number of aromatic hydroxyl groups is 1. The number of rotatable bonds is 2. The van der Waals surface area contributed by atoms with E-state index in [1.807, 2.05) is 0 Å². The Balaban J connectivity index is 2.48. The van der Waals surface area contributed by atoms with Crippen LogP contribution < -0.4 is 5.73 Å². The number of carbonyl (C=O) groups excluding carboxylic acids is 1. The number of carbonyl (C=O) groups is 1. The van der Waals surface area contributed by atoms with E-state index < -0.39 is 5.91 Å². The van der Waals surface area contributed by atoms with Gasteiger partial charge in [-0.25, -0.2) is 4.98 Å². The van der Waals surface area contributed by atoms with Gasteiger partial charge in [-0.2, -0.15) is 0 Å². The van der Waals surface area contributed by atoms with Crippen molar-refractivity contribution in [2.75, 3.05) is 0 Å². The van der Waals surface area contributed by atoms with Gasteiger partial charge in [-0.05, 0) is 12.1 Å². The number of primary amides is 1. The molecule has 6 heteroatoms. The van der Waals surface area contributed by atoms with Crippen molar-refractivity contribution in [3.05, 3.63) is 29.4 Å². The van der Waals surface area contributed by atoms with Crippen LogP contribution in [0.3, 0.4) is 0 Å². The number of nitrogens with two attached hydrogens (primary N) is 1. The normalized spacial score (nSPS) is 10.1. The number of nitrogens with zero attached hydrogens (tertiary/aromatic N) is 2. The number of pyridine rings is 1. The predicted molar refractivity (Wildman–Crippen MR) is 55.5 cm³/mol. The Morgan fingerprint density at radius 3 is 2.60 bits per heavy atom. The number of thiazole rings is 1. The molecule has 0 bridgehead atoms. The molecular weight excluding hydrogens is 214 g/mol. The minimum atomic E-state index is -0.676. The molecule has 0 atom stereocenters. The van der Waals surface area contributed by atoms with Gasteiger partial charge in [0.2, 0.25) is 5.88 Å². The quantitative estimate of drug-likeness (QED) is 0.792. The zero-order valence-electron chi connectivity index (χ0n) is 7.54. The highest BCUT2D eigenvalue weighted by molar-refractivity contribution is 7.17. The molecule has 0 aromatic carbocycles. The molecule has 0 unspecified atom stereocenters. The zero-order chi connectivity index (χ0) is 10.8. The Kier molecular flexibility index (Phi) is 2.34. The van der Waals surface area contributed by atoms with Crippen molar-refractivity contribution in [3.8, 4) is 16.5 Å². The van der Waals surface area contributed by atoms with Crippen LogP contribution in [0.15, 0.2) is 24.5 Å². The molecule has 0 aliphatic heterocycles. The highest BCUT2D eigenvalue weighted by Crippen LogP contribution is 2.30. The van der Waals surface area contributed by atoms with Crippen molar-refractivity contribution in [2.24, 2.45) is 5.73 Å². The van der Waals surface area contributed by atoms with Gasteiger partial charge in [0.1, 0.15) is 5.01 Å². The molecule has 0 aliphatic rings. The lowest BCUT2D eigenvalue weighted by atomic mass is 10.3. The average Bonchev–Trinajstić information content (AvgIpc) is 2.62. The molecule has 0 radical (unpaired) electrons. The maximum absolute atomic E-state index is 10.9. The number of hydrogen-bond donors (Lipinski definition) is 2. The molecule has 3 N–H and O–H groups in total. The molecule has 0 saturated carbocycles. The van der Waals surface area contributed by atoms with Gasteiger partial charge < -0.3 is 10.8 Å². The van der Waals surface area contributed by atoms with Gasteiger partial charge >= 0.3 is 0 Å². The summed E-state index contributed by atoms with van der Waals surface area (Å²) in [5.41, 5.74) is 5.85. The van der Waals surface area contributed by atoms with Crippen LogP contribution in [0.5, 0.6) is 5.88 Å². The van der Waals surface area contributed by atoms with Gasteiger partial charge in [0.15, 0.2) is 4.88 Å². The first kappa shape index (κ1) is 9.60. The lowest BCUT2D eigenvalue weighted by Gasteiger charge is -1.91. The molecule has 2 rings (SSSR count). The van der Waals surface area contributed by atoms with Crippen molar-refractivity contribution in [1.29, 1.82) is 0 Å². The third-order valence-electron chi connectivity index (χ3n) is 1.76. The zero-order valence-corrected chi connectivity index (χ0v) is 8.36. The fourth-order valence-electron chi connectivity index (χ4n) is 1.09. The molecule has 0 spiro atoms. The first-order valence-corrected chi connectivity index (χ1v) is 4.90. The molecule has 0 aliphatic carbocycles. The van der Waals surface area contributed by atoms with Gasteiger partial charge in [0, 0.05) is 18.0 Å². The smallest absolute Gasteiger partial charge is 0.264 e. The average molecular weight is 221 g/mol. The van der Waals surface area contributed by atoms with Gasteiger partial charge in [-0.1, -0.05) is 0 Å². The standard InChI is InChI=1S/C9H7N3O2S/c10-7(13)6-8(14)12-9(15-6)5-1-3-11-4-2-5/h1-4,14H,(H2,10,13). The molecule has 15 heavy (non-hydrogen) atoms. The van der Waals surface area contributed by atoms with Crippen LogP contribution in [-0.4, -0.2) is 21.0 Å². The van der Waals surface area contributed by atoms with Gasteiger partial charge in [-0.15, -0.1) is 11.3 Å². The summed E-state index contributed by atoms with van der Waals surface area (Å²) in [6.45, 7) is 0. The maximum Gasteiger partial charge on any atom is 0.264 e. The Morgan fingerprint density at radius 1 is 1.40 bits per heavy atom. The Morgan fingerprint density at radius 2 is 2.07 bits per heavy atom. The van der Waals surface area contributed by atoms with Crippen molar-refractivity contribution >= 4 is 17.2 Å². The van der Waals surface area contributed by atoms with Crippen LogP contribution in [-0.2, 0) is 0 Å². The minimum absolute atomic E-state index is 0.0711. The van der Waals surface area contributed by atoms with E-state index in [0.717, 1.165) is 16.9 Å². The Hall–Kier alpha value is -1.95. The number of amides is 1. The van der Waals surface area contributed by atoms with Gasteiger partial charge in [-0.3, -0.25) is 9.78 Å². The lowest BCUT2D eigenvalue weighted by molar-refractivity contribution is 0.100. The van der Waals surface area contributed by atoms with Crippen LogP contribution >= 0.6 is 11.3 Å². The third kappa shape index (κ3) is 1.79. The molecular formula is C9H7N3O2S. The van der Waals surface area contributed by atoms with E-state index in [4.69, 9.17) is 5.73 Å². The number of hydrogen-bond acceptors (Lipinski definition) is 5. The molecule has 1 amide bonds. The van der Waals surface area contributed by atoms with Crippen molar-refractivity contribution in [1.82, 2.24) is 9.97 Å². The molecule has 5 nitrogen and oxygen atoms in total. The lowest BCUT2D eigenvalue weighted by Crippen LogP contribution is -2.08. The summed E-state index contributed by atoms with van der Waals surface area (Å²) in [6.07, 6.45) is 3.22. The Bertz CT molecular complexity index is 495. The van der Waals surface area contributed by atoms with Crippen LogP contribution in [0.25, 0.3) is 10.6 Å². The van der Waals surface area contributed by atoms with E-state index in [9.17, 15) is 9.90 Å². The first-order chi connectivity index (χ1) is 7.18. The van der Waals surface area contributed by atoms with E-state index in [2.05, 4.69) is 9.97 Å². The maximum atomic E-state index is 10.9. The highest BCUT2D eigenvalue weighted by atomic mass is 32.1. The third-order valence-corrected chi connectivity index (χ3v) is 2.87. The highest BCUT2D eigenvalue weighted by Gasteiger charge is 2.15. The van der Waals surface area contributed by atoms with Crippen molar-refractivity contribution in [3.63, 3.8) is 0 Å². The van der Waals surface area contributed by atoms with Crippen molar-refractivity contribution in [2.45, 2.75) is 0 Å². The summed E-state index contributed by atoms with van der Waals surface area (Å²) in [7, 11) is 0. The first-order valence-electron chi connectivity index (χ1n) is 4.08. The SMILES string of the molecule is NC(=O)c1sc(-c2ccncc2)nc1O. The van der Waals surface area contributed by atoms with Gasteiger partial charge in [0.05, 0.1) is 0 Å². The predicted octanol–water partition coefficient (Wildman–Crippen LogP) is 1.01. The van der Waals surface area contributed by atoms with E-state index in [1.54, 1.807) is 24.5 Å². The van der Waals surface area contributed by atoms with Crippen molar-refractivity contribution < 1.29 is 9.90 Å². The second-order valence-corrected chi connectivity index (χ2v) is 3.77. The molecule has 0 fully saturated rings. The van der Waals surface area contributed by atoms with E-state index in [-0.39, 0.29) is 10.8 Å². The summed E-state index contributed by atoms with van der Waals surface area (Å²) < 4.78 is 0. The summed E-state index contributed by atoms with van der Waals surface area (Å²) in [5.74, 6) is -0.996. The summed E-state index contributed by atoms with van der Waals surface area (Å²) >= 11 is 1.06. The molecule has 2 heterocycles. The minimum Gasteiger partial charge on any atom is -0.492 e. The molecule has 76 valence electrons. The number of aromatic nitrogens is 2. The van der Waals surface area contributed by atoms with E-state index in [0.29, 0.717) is 5.01 Å². The topological polar surface area (TPSA) is 89.1 Å². The Labute approximate surface area is 89.2 Å². The van der Waals surface area contributed by atoms with Crippen LogP contribution in [0.1, 0.15) is 9.67 Å². The van der Waals surface area contributed by atoms with E-state index >= 15 is 0 Å². The fourth-order valence-corrected chi connectivity index (χ4v) is 1.91. The van der Waals surface area contributed by atoms with E-state index in [1.165, 1.54) is 0 Å².